The molecule has 0 saturated carbocycles. The normalized spacial score (nSPS) is 15.2. The molecule has 24 heavy (non-hydrogen) atoms. The number of aromatic nitrogens is 1. The van der Waals surface area contributed by atoms with Crippen LogP contribution in [0.1, 0.15) is 31.1 Å². The van der Waals surface area contributed by atoms with Crippen LogP contribution in [0.15, 0.2) is 18.3 Å². The van der Waals surface area contributed by atoms with Gasteiger partial charge in [0.2, 0.25) is 0 Å². The highest BCUT2D eigenvalue weighted by atomic mass is 16.6. The number of rotatable bonds is 2. The van der Waals surface area contributed by atoms with Crippen molar-refractivity contribution < 1.29 is 14.3 Å². The summed E-state index contributed by atoms with van der Waals surface area (Å²) in [5.41, 5.74) is 0.0843. The van der Waals surface area contributed by atoms with E-state index >= 15 is 0 Å². The molecule has 7 nitrogen and oxygen atoms in total. The predicted molar refractivity (Wildman–Crippen MR) is 92.3 cm³/mol. The van der Waals surface area contributed by atoms with E-state index in [0.717, 1.165) is 5.82 Å². The first kappa shape index (κ1) is 18.0. The summed E-state index contributed by atoms with van der Waals surface area (Å²) in [4.78, 5) is 33.7. The first-order valence-corrected chi connectivity index (χ1v) is 8.08. The number of pyridine rings is 1. The van der Waals surface area contributed by atoms with Crippen LogP contribution < -0.4 is 4.90 Å². The monoisotopic (exact) mass is 334 g/mol. The third-order valence-electron chi connectivity index (χ3n) is 3.66. The Morgan fingerprint density at radius 2 is 1.75 bits per heavy atom. The van der Waals surface area contributed by atoms with Crippen LogP contribution in [-0.2, 0) is 4.74 Å². The quantitative estimate of drug-likeness (QED) is 0.826. The first-order chi connectivity index (χ1) is 11.2. The first-order valence-electron chi connectivity index (χ1n) is 8.08. The van der Waals surface area contributed by atoms with Gasteiger partial charge in [0, 0.05) is 46.5 Å². The number of nitrogens with zero attached hydrogens (tertiary/aromatic N) is 4. The van der Waals surface area contributed by atoms with E-state index in [1.165, 1.54) is 4.90 Å². The van der Waals surface area contributed by atoms with E-state index < -0.39 is 5.60 Å². The molecule has 0 aliphatic carbocycles. The van der Waals surface area contributed by atoms with Crippen LogP contribution >= 0.6 is 0 Å². The number of piperazine rings is 1. The van der Waals surface area contributed by atoms with Gasteiger partial charge in [-0.1, -0.05) is 0 Å². The number of ether oxygens (including phenoxy) is 1. The lowest BCUT2D eigenvalue weighted by molar-refractivity contribution is 0.0240. The van der Waals surface area contributed by atoms with Gasteiger partial charge in [-0.25, -0.2) is 9.78 Å². The zero-order chi connectivity index (χ0) is 17.9. The average Bonchev–Trinajstić information content (AvgIpc) is 2.53. The van der Waals surface area contributed by atoms with Crippen molar-refractivity contribution in [2.75, 3.05) is 45.2 Å². The van der Waals surface area contributed by atoms with E-state index in [-0.39, 0.29) is 12.0 Å². The Hall–Kier alpha value is -2.31. The van der Waals surface area contributed by atoms with E-state index in [1.54, 1.807) is 31.3 Å². The van der Waals surface area contributed by atoms with Crippen molar-refractivity contribution in [3.8, 4) is 0 Å². The number of amides is 2. The Bertz CT molecular complexity index is 585. The van der Waals surface area contributed by atoms with Gasteiger partial charge >= 0.3 is 6.09 Å². The number of hydrogen-bond donors (Lipinski definition) is 0. The SMILES string of the molecule is CN(C)C(=O)c1ccc(N2CCN(C(=O)OC(C)(C)C)CC2)nc1. The number of hydrogen-bond acceptors (Lipinski definition) is 5. The predicted octanol–water partition coefficient (Wildman–Crippen LogP) is 1.84. The number of carbonyl (C=O) groups is 2. The molecule has 0 aromatic carbocycles. The van der Waals surface area contributed by atoms with Crippen LogP contribution in [0, 0.1) is 0 Å². The van der Waals surface area contributed by atoms with Gasteiger partial charge in [0.1, 0.15) is 11.4 Å². The zero-order valence-corrected chi connectivity index (χ0v) is 15.1. The van der Waals surface area contributed by atoms with Crippen molar-refractivity contribution in [1.29, 1.82) is 0 Å². The molecule has 0 unspecified atom stereocenters. The molecule has 7 heteroatoms. The lowest BCUT2D eigenvalue weighted by Crippen LogP contribution is -2.50. The number of anilines is 1. The fourth-order valence-electron chi connectivity index (χ4n) is 2.40. The molecule has 0 spiro atoms. The lowest BCUT2D eigenvalue weighted by Gasteiger charge is -2.36. The third kappa shape index (κ3) is 4.59. The van der Waals surface area contributed by atoms with Gasteiger partial charge < -0.3 is 19.4 Å². The summed E-state index contributed by atoms with van der Waals surface area (Å²) in [6.45, 7) is 8.15. The van der Waals surface area contributed by atoms with Crippen molar-refractivity contribution in [2.45, 2.75) is 26.4 Å². The summed E-state index contributed by atoms with van der Waals surface area (Å²) >= 11 is 0. The van der Waals surface area contributed by atoms with Gasteiger partial charge in [-0.2, -0.15) is 0 Å². The average molecular weight is 334 g/mol. The van der Waals surface area contributed by atoms with Crippen LogP contribution in [0.25, 0.3) is 0 Å². The summed E-state index contributed by atoms with van der Waals surface area (Å²) in [6.07, 6.45) is 1.32. The molecule has 0 atom stereocenters. The molecule has 2 amide bonds. The van der Waals surface area contributed by atoms with Crippen LogP contribution in [0.5, 0.6) is 0 Å². The second-order valence-electron chi connectivity index (χ2n) is 7.06. The summed E-state index contributed by atoms with van der Waals surface area (Å²) < 4.78 is 5.39. The van der Waals surface area contributed by atoms with E-state index in [1.807, 2.05) is 26.8 Å². The maximum Gasteiger partial charge on any atom is 0.410 e. The Balaban J connectivity index is 1.93. The Labute approximate surface area is 143 Å². The fourth-order valence-corrected chi connectivity index (χ4v) is 2.40. The summed E-state index contributed by atoms with van der Waals surface area (Å²) in [6, 6.07) is 3.63. The minimum atomic E-state index is -0.482. The van der Waals surface area contributed by atoms with Crippen LogP contribution in [0.4, 0.5) is 10.6 Å². The van der Waals surface area contributed by atoms with Gasteiger partial charge in [0.05, 0.1) is 5.56 Å². The van der Waals surface area contributed by atoms with Gasteiger partial charge in [-0.3, -0.25) is 4.79 Å². The molecule has 1 aromatic rings. The van der Waals surface area contributed by atoms with Crippen molar-refractivity contribution in [3.63, 3.8) is 0 Å². The third-order valence-corrected chi connectivity index (χ3v) is 3.66. The molecule has 0 N–H and O–H groups in total. The minimum Gasteiger partial charge on any atom is -0.444 e. The van der Waals surface area contributed by atoms with Gasteiger partial charge in [-0.15, -0.1) is 0 Å². The molecular weight excluding hydrogens is 308 g/mol. The Morgan fingerprint density at radius 1 is 1.12 bits per heavy atom. The molecular formula is C17H26N4O3. The summed E-state index contributed by atoms with van der Waals surface area (Å²) in [5.74, 6) is 0.748. The molecule has 1 saturated heterocycles. The van der Waals surface area contributed by atoms with Gasteiger partial charge in [-0.05, 0) is 32.9 Å². The molecule has 1 aliphatic rings. The Kier molecular flexibility index (Phi) is 5.31. The standard InChI is InChI=1S/C17H26N4O3/c1-17(2,3)24-16(23)21-10-8-20(9-11-21)14-7-6-13(12-18-14)15(22)19(4)5/h6-7,12H,8-11H2,1-5H3. The second kappa shape index (κ2) is 7.07. The molecule has 1 aliphatic heterocycles. The van der Waals surface area contributed by atoms with Gasteiger partial charge in [0.15, 0.2) is 0 Å². The highest BCUT2D eigenvalue weighted by Crippen LogP contribution is 2.16. The van der Waals surface area contributed by atoms with Crippen molar-refractivity contribution in [2.24, 2.45) is 0 Å². The fraction of sp³-hybridized carbons (Fsp3) is 0.588. The van der Waals surface area contributed by atoms with E-state index in [0.29, 0.717) is 31.7 Å². The van der Waals surface area contributed by atoms with Crippen molar-refractivity contribution in [3.05, 3.63) is 23.9 Å². The van der Waals surface area contributed by atoms with Crippen molar-refractivity contribution in [1.82, 2.24) is 14.8 Å². The maximum absolute atomic E-state index is 12.1. The molecule has 132 valence electrons. The Morgan fingerprint density at radius 3 is 2.21 bits per heavy atom. The van der Waals surface area contributed by atoms with E-state index in [9.17, 15) is 9.59 Å². The highest BCUT2D eigenvalue weighted by Gasteiger charge is 2.26. The molecule has 2 rings (SSSR count). The molecule has 0 bridgehead atoms. The van der Waals surface area contributed by atoms with E-state index in [2.05, 4.69) is 9.88 Å². The van der Waals surface area contributed by atoms with Crippen molar-refractivity contribution >= 4 is 17.8 Å². The summed E-state index contributed by atoms with van der Waals surface area (Å²) in [7, 11) is 3.43. The zero-order valence-electron chi connectivity index (χ0n) is 15.1. The molecule has 2 heterocycles. The molecule has 1 aromatic heterocycles. The van der Waals surface area contributed by atoms with E-state index in [4.69, 9.17) is 4.74 Å². The topological polar surface area (TPSA) is 66.0 Å². The van der Waals surface area contributed by atoms with Crippen LogP contribution in [0.3, 0.4) is 0 Å². The summed E-state index contributed by atoms with van der Waals surface area (Å²) in [5, 5.41) is 0. The minimum absolute atomic E-state index is 0.0659. The largest absolute Gasteiger partial charge is 0.444 e. The van der Waals surface area contributed by atoms with Gasteiger partial charge in [0.25, 0.3) is 5.91 Å². The molecule has 1 fully saturated rings. The lowest BCUT2D eigenvalue weighted by atomic mass is 10.2. The second-order valence-corrected chi connectivity index (χ2v) is 7.06. The smallest absolute Gasteiger partial charge is 0.410 e. The molecule has 0 radical (unpaired) electrons. The van der Waals surface area contributed by atoms with Crippen LogP contribution in [0.2, 0.25) is 0 Å². The number of carbonyl (C=O) groups excluding carboxylic acids is 2. The maximum atomic E-state index is 12.1. The van der Waals surface area contributed by atoms with Crippen LogP contribution in [-0.4, -0.2) is 72.7 Å². The highest BCUT2D eigenvalue weighted by molar-refractivity contribution is 5.93.